The molecule has 0 aromatic heterocycles. The van der Waals surface area contributed by atoms with Gasteiger partial charge in [0.2, 0.25) is 0 Å². The molecule has 80 valence electrons. The molecule has 0 saturated heterocycles. The Bertz CT molecular complexity index is 356. The highest BCUT2D eigenvalue weighted by atomic mass is 16.5. The lowest BCUT2D eigenvalue weighted by atomic mass is 10.1. The lowest BCUT2D eigenvalue weighted by Crippen LogP contribution is -2.00. The molecule has 1 aliphatic rings. The number of fused-ring (bicyclic) bond motifs is 1. The molecule has 0 bridgehead atoms. The molecule has 0 N–H and O–H groups in total. The van der Waals surface area contributed by atoms with Gasteiger partial charge in [-0.05, 0) is 31.4 Å². The van der Waals surface area contributed by atoms with Gasteiger partial charge in [-0.1, -0.05) is 18.2 Å². The summed E-state index contributed by atoms with van der Waals surface area (Å²) in [7, 11) is 1.70. The van der Waals surface area contributed by atoms with Crippen LogP contribution in [0.3, 0.4) is 0 Å². The first-order valence-corrected chi connectivity index (χ1v) is 5.35. The molecular formula is C13H16O2. The van der Waals surface area contributed by atoms with Gasteiger partial charge in [-0.2, -0.15) is 0 Å². The van der Waals surface area contributed by atoms with Gasteiger partial charge in [0.05, 0.1) is 13.7 Å². The van der Waals surface area contributed by atoms with Crippen molar-refractivity contribution in [3.8, 4) is 11.5 Å². The predicted octanol–water partition coefficient (Wildman–Crippen LogP) is 2.97. The highest BCUT2D eigenvalue weighted by molar-refractivity contribution is 5.46. The van der Waals surface area contributed by atoms with Crippen molar-refractivity contribution in [1.29, 1.82) is 0 Å². The molecule has 2 heteroatoms. The zero-order valence-electron chi connectivity index (χ0n) is 9.03. The molecule has 0 spiro atoms. The minimum Gasteiger partial charge on any atom is -0.496 e. The maximum Gasteiger partial charge on any atom is 0.126 e. The van der Waals surface area contributed by atoms with Crippen LogP contribution >= 0.6 is 0 Å². The van der Waals surface area contributed by atoms with Gasteiger partial charge in [0.15, 0.2) is 0 Å². The van der Waals surface area contributed by atoms with E-state index < -0.39 is 0 Å². The maximum absolute atomic E-state index is 5.73. The Morgan fingerprint density at radius 1 is 1.27 bits per heavy atom. The van der Waals surface area contributed by atoms with E-state index in [1.807, 2.05) is 18.2 Å². The number of methoxy groups -OCH3 is 1. The largest absolute Gasteiger partial charge is 0.496 e. The van der Waals surface area contributed by atoms with Gasteiger partial charge in [0.25, 0.3) is 0 Å². The molecule has 0 unspecified atom stereocenters. The second-order valence-corrected chi connectivity index (χ2v) is 3.60. The Morgan fingerprint density at radius 2 is 2.20 bits per heavy atom. The molecule has 0 atom stereocenters. The standard InChI is InChI=1S/C13H16O2/c1-14-12-8-6-9-13-11(12)7-4-2-3-5-10-15-13/h2,4,6,8-9H,3,5,7,10H2,1H3/b4-2+. The van der Waals surface area contributed by atoms with Crippen molar-refractivity contribution < 1.29 is 9.47 Å². The first kappa shape index (κ1) is 10.1. The Morgan fingerprint density at radius 3 is 3.07 bits per heavy atom. The van der Waals surface area contributed by atoms with Gasteiger partial charge in [0.1, 0.15) is 11.5 Å². The van der Waals surface area contributed by atoms with E-state index in [0.29, 0.717) is 0 Å². The summed E-state index contributed by atoms with van der Waals surface area (Å²) in [5.74, 6) is 1.87. The lowest BCUT2D eigenvalue weighted by Gasteiger charge is -2.12. The van der Waals surface area contributed by atoms with Crippen molar-refractivity contribution in [3.05, 3.63) is 35.9 Å². The van der Waals surface area contributed by atoms with Crippen molar-refractivity contribution in [1.82, 2.24) is 0 Å². The Hall–Kier alpha value is -1.44. The SMILES string of the molecule is COc1cccc2c1C/C=C/CCCO2. The van der Waals surface area contributed by atoms with Crippen molar-refractivity contribution in [3.63, 3.8) is 0 Å². The minimum atomic E-state index is 0.782. The van der Waals surface area contributed by atoms with E-state index in [1.165, 1.54) is 0 Å². The molecular weight excluding hydrogens is 188 g/mol. The summed E-state index contributed by atoms with van der Waals surface area (Å²) in [6.45, 7) is 0.782. The molecule has 0 radical (unpaired) electrons. The van der Waals surface area contributed by atoms with Gasteiger partial charge in [0, 0.05) is 5.56 Å². The van der Waals surface area contributed by atoms with Crippen LogP contribution in [0.1, 0.15) is 18.4 Å². The number of hydrogen-bond donors (Lipinski definition) is 0. The Kier molecular flexibility index (Phi) is 3.28. The third kappa shape index (κ3) is 2.32. The number of rotatable bonds is 1. The third-order valence-corrected chi connectivity index (χ3v) is 2.57. The maximum atomic E-state index is 5.73. The first-order chi connectivity index (χ1) is 7.42. The summed E-state index contributed by atoms with van der Waals surface area (Å²) in [5.41, 5.74) is 1.15. The van der Waals surface area contributed by atoms with Crippen LogP contribution < -0.4 is 9.47 Å². The van der Waals surface area contributed by atoms with Gasteiger partial charge in [-0.3, -0.25) is 0 Å². The molecule has 1 aliphatic heterocycles. The molecule has 0 amide bonds. The first-order valence-electron chi connectivity index (χ1n) is 5.35. The topological polar surface area (TPSA) is 18.5 Å². The molecule has 0 fully saturated rings. The summed E-state index contributed by atoms with van der Waals surface area (Å²) >= 11 is 0. The zero-order valence-corrected chi connectivity index (χ0v) is 9.03. The summed E-state index contributed by atoms with van der Waals surface area (Å²) < 4.78 is 11.1. The van der Waals surface area contributed by atoms with Gasteiger partial charge in [-0.15, -0.1) is 0 Å². The van der Waals surface area contributed by atoms with Gasteiger partial charge < -0.3 is 9.47 Å². The molecule has 1 aromatic carbocycles. The molecule has 1 aromatic rings. The zero-order chi connectivity index (χ0) is 10.5. The average molecular weight is 204 g/mol. The quantitative estimate of drug-likeness (QED) is 0.655. The lowest BCUT2D eigenvalue weighted by molar-refractivity contribution is 0.307. The van der Waals surface area contributed by atoms with Crippen LogP contribution in [0.25, 0.3) is 0 Å². The number of hydrogen-bond acceptors (Lipinski definition) is 2. The van der Waals surface area contributed by atoms with Crippen LogP contribution in [0, 0.1) is 0 Å². The Labute approximate surface area is 90.5 Å². The van der Waals surface area contributed by atoms with E-state index >= 15 is 0 Å². The molecule has 1 heterocycles. The third-order valence-electron chi connectivity index (χ3n) is 2.57. The van der Waals surface area contributed by atoms with E-state index in [1.54, 1.807) is 7.11 Å². The normalized spacial score (nSPS) is 17.7. The summed E-state index contributed by atoms with van der Waals surface area (Å²) in [4.78, 5) is 0. The second-order valence-electron chi connectivity index (χ2n) is 3.60. The number of ether oxygens (including phenoxy) is 2. The number of allylic oxidation sites excluding steroid dienone is 2. The molecule has 0 saturated carbocycles. The van der Waals surface area contributed by atoms with Crippen LogP contribution in [0.4, 0.5) is 0 Å². The van der Waals surface area contributed by atoms with Crippen molar-refractivity contribution in [2.24, 2.45) is 0 Å². The van der Waals surface area contributed by atoms with E-state index in [9.17, 15) is 0 Å². The number of benzene rings is 1. The molecule has 0 aliphatic carbocycles. The fraction of sp³-hybridized carbons (Fsp3) is 0.385. The second kappa shape index (κ2) is 4.87. The summed E-state index contributed by atoms with van der Waals surface area (Å²) in [6.07, 6.45) is 7.46. The van der Waals surface area contributed by atoms with Crippen molar-refractivity contribution in [2.75, 3.05) is 13.7 Å². The summed E-state index contributed by atoms with van der Waals surface area (Å²) in [5, 5.41) is 0. The van der Waals surface area contributed by atoms with Crippen LogP contribution in [0.5, 0.6) is 11.5 Å². The van der Waals surface area contributed by atoms with Crippen molar-refractivity contribution >= 4 is 0 Å². The van der Waals surface area contributed by atoms with E-state index in [2.05, 4.69) is 12.2 Å². The van der Waals surface area contributed by atoms with Crippen LogP contribution in [0.2, 0.25) is 0 Å². The molecule has 2 rings (SSSR count). The van der Waals surface area contributed by atoms with E-state index in [0.717, 1.165) is 42.9 Å². The monoisotopic (exact) mass is 204 g/mol. The molecule has 15 heavy (non-hydrogen) atoms. The van der Waals surface area contributed by atoms with E-state index in [-0.39, 0.29) is 0 Å². The van der Waals surface area contributed by atoms with Crippen molar-refractivity contribution in [2.45, 2.75) is 19.3 Å². The fourth-order valence-electron chi connectivity index (χ4n) is 1.78. The smallest absolute Gasteiger partial charge is 0.126 e. The van der Waals surface area contributed by atoms with Crippen LogP contribution in [-0.4, -0.2) is 13.7 Å². The predicted molar refractivity (Wildman–Crippen MR) is 60.6 cm³/mol. The van der Waals surface area contributed by atoms with E-state index in [4.69, 9.17) is 9.47 Å². The van der Waals surface area contributed by atoms with Gasteiger partial charge >= 0.3 is 0 Å². The van der Waals surface area contributed by atoms with Crippen LogP contribution in [-0.2, 0) is 6.42 Å². The molecule has 2 nitrogen and oxygen atoms in total. The highest BCUT2D eigenvalue weighted by Gasteiger charge is 2.09. The highest BCUT2D eigenvalue weighted by Crippen LogP contribution is 2.29. The summed E-state index contributed by atoms with van der Waals surface area (Å²) in [6, 6.07) is 5.96. The van der Waals surface area contributed by atoms with Crippen LogP contribution in [0.15, 0.2) is 30.4 Å². The minimum absolute atomic E-state index is 0.782. The average Bonchev–Trinajstić information content (AvgIpc) is 2.39. The Balaban J connectivity index is 2.35. The van der Waals surface area contributed by atoms with Gasteiger partial charge in [-0.25, -0.2) is 0 Å². The fourth-order valence-corrected chi connectivity index (χ4v) is 1.78.